The lowest BCUT2D eigenvalue weighted by molar-refractivity contribution is 0.0672. The third-order valence-electron chi connectivity index (χ3n) is 2.66. The molecule has 0 saturated carbocycles. The highest BCUT2D eigenvalue weighted by atomic mass is 28.4. The summed E-state index contributed by atoms with van der Waals surface area (Å²) in [6.07, 6.45) is 2.19. The number of rotatable bonds is 11. The largest absolute Gasteiger partial charge is 0.508 e. The summed E-state index contributed by atoms with van der Waals surface area (Å²) in [7, 11) is -2.67. The van der Waals surface area contributed by atoms with Crippen LogP contribution in [-0.4, -0.2) is 47.9 Å². The van der Waals surface area contributed by atoms with Crippen LogP contribution >= 0.6 is 0 Å². The second-order valence-corrected chi connectivity index (χ2v) is 6.77. The lowest BCUT2D eigenvalue weighted by Crippen LogP contribution is -2.46. The van der Waals surface area contributed by atoms with Crippen LogP contribution in [0, 0.1) is 0 Å². The van der Waals surface area contributed by atoms with Crippen LogP contribution in [0.25, 0.3) is 0 Å². The Bertz CT molecular complexity index is 261. The van der Waals surface area contributed by atoms with Crippen LogP contribution in [0.4, 0.5) is 0 Å². The van der Waals surface area contributed by atoms with Crippen molar-refractivity contribution in [3.8, 4) is 0 Å². The Kier molecular flexibility index (Phi) is 7.63. The van der Waals surface area contributed by atoms with Crippen LogP contribution in [0.2, 0.25) is 6.04 Å². The van der Waals surface area contributed by atoms with Gasteiger partial charge in [-0.15, -0.1) is 0 Å². The van der Waals surface area contributed by atoms with Crippen LogP contribution in [-0.2, 0) is 22.8 Å². The van der Waals surface area contributed by atoms with Crippen LogP contribution in [0.3, 0.4) is 0 Å². The molecule has 1 heterocycles. The van der Waals surface area contributed by atoms with Crippen LogP contribution < -0.4 is 0 Å². The number of ether oxygens (including phenoxy) is 2. The quantitative estimate of drug-likeness (QED) is 0.332. The normalized spacial score (nSPS) is 19.6. The summed E-state index contributed by atoms with van der Waals surface area (Å²) in [6.45, 7) is 10.9. The maximum Gasteiger partial charge on any atom is 0.508 e. The Hall–Kier alpha value is -0.403. The summed E-state index contributed by atoms with van der Waals surface area (Å²) in [6, 6.07) is 0.575. The molecule has 1 fully saturated rings. The predicted octanol–water partition coefficient (Wildman–Crippen LogP) is 2.35. The average Bonchev–Trinajstić information content (AvgIpc) is 3.19. The molecule has 0 aromatic carbocycles. The van der Waals surface area contributed by atoms with Gasteiger partial charge in [0.05, 0.1) is 18.4 Å². The van der Waals surface area contributed by atoms with Crippen molar-refractivity contribution in [1.82, 2.24) is 0 Å². The fraction of sp³-hybridized carbons (Fsp3) is 0.846. The summed E-state index contributed by atoms with van der Waals surface area (Å²) in [5, 5.41) is 0. The van der Waals surface area contributed by atoms with E-state index in [1.54, 1.807) is 0 Å². The van der Waals surface area contributed by atoms with Gasteiger partial charge in [0.15, 0.2) is 0 Å². The van der Waals surface area contributed by atoms with E-state index >= 15 is 0 Å². The van der Waals surface area contributed by atoms with Crippen LogP contribution in [0.15, 0.2) is 11.8 Å². The molecular formula is C13H26O5Si. The Labute approximate surface area is 117 Å². The Morgan fingerprint density at radius 1 is 1.16 bits per heavy atom. The number of hydrogen-bond donors (Lipinski definition) is 0. The maximum absolute atomic E-state index is 5.81. The van der Waals surface area contributed by atoms with Crippen molar-refractivity contribution in [1.29, 1.82) is 0 Å². The fourth-order valence-electron chi connectivity index (χ4n) is 1.75. The zero-order valence-corrected chi connectivity index (χ0v) is 13.4. The molecule has 1 unspecified atom stereocenters. The van der Waals surface area contributed by atoms with Gasteiger partial charge in [0.25, 0.3) is 0 Å². The van der Waals surface area contributed by atoms with Crippen molar-refractivity contribution in [3.63, 3.8) is 0 Å². The monoisotopic (exact) mass is 290 g/mol. The zero-order valence-electron chi connectivity index (χ0n) is 12.4. The first-order valence-corrected chi connectivity index (χ1v) is 8.94. The van der Waals surface area contributed by atoms with Gasteiger partial charge >= 0.3 is 8.80 Å². The van der Waals surface area contributed by atoms with Gasteiger partial charge in [0, 0.05) is 19.8 Å². The maximum atomic E-state index is 5.81. The zero-order chi connectivity index (χ0) is 14.1. The molecule has 6 heteroatoms. The molecule has 1 aliphatic heterocycles. The van der Waals surface area contributed by atoms with Gasteiger partial charge in [0.2, 0.25) is 0 Å². The van der Waals surface area contributed by atoms with E-state index in [2.05, 4.69) is 0 Å². The number of allylic oxidation sites excluding steroid dienone is 2. The minimum Gasteiger partial charge on any atom is -0.496 e. The van der Waals surface area contributed by atoms with Gasteiger partial charge in [-0.25, -0.2) is 0 Å². The summed E-state index contributed by atoms with van der Waals surface area (Å²) >= 11 is 0. The first-order chi connectivity index (χ1) is 9.19. The van der Waals surface area contributed by atoms with E-state index in [4.69, 9.17) is 22.8 Å². The Balaban J connectivity index is 2.59. The molecule has 1 saturated heterocycles. The average molecular weight is 290 g/mol. The predicted molar refractivity (Wildman–Crippen MR) is 74.9 cm³/mol. The molecular weight excluding hydrogens is 264 g/mol. The van der Waals surface area contributed by atoms with Gasteiger partial charge in [-0.1, -0.05) is 0 Å². The lowest BCUT2D eigenvalue weighted by Gasteiger charge is -2.29. The fourth-order valence-corrected chi connectivity index (χ4v) is 4.36. The summed E-state index contributed by atoms with van der Waals surface area (Å²) < 4.78 is 28.3. The minimum absolute atomic E-state index is 0.247. The van der Waals surface area contributed by atoms with Crippen molar-refractivity contribution in [2.75, 3.05) is 33.0 Å². The standard InChI is InChI=1S/C13H26O5Si/c1-5-12(14-9-13-10-15-13)11-19(16-6-2,17-7-3)18-8-4/h5,13H,6-11H2,1-4H3/b12-5+. The molecule has 19 heavy (non-hydrogen) atoms. The molecule has 5 nitrogen and oxygen atoms in total. The van der Waals surface area contributed by atoms with E-state index in [1.165, 1.54) is 0 Å². The van der Waals surface area contributed by atoms with E-state index in [-0.39, 0.29) is 6.10 Å². The lowest BCUT2D eigenvalue weighted by atomic mass is 10.5. The molecule has 0 N–H and O–H groups in total. The van der Waals surface area contributed by atoms with E-state index in [1.807, 2.05) is 33.8 Å². The molecule has 0 bridgehead atoms. The molecule has 0 aromatic heterocycles. The molecule has 0 amide bonds. The van der Waals surface area contributed by atoms with Crippen molar-refractivity contribution < 1.29 is 22.8 Å². The molecule has 112 valence electrons. The second-order valence-electron chi connectivity index (χ2n) is 4.18. The highest BCUT2D eigenvalue weighted by Crippen LogP contribution is 2.23. The van der Waals surface area contributed by atoms with Crippen LogP contribution in [0.1, 0.15) is 27.7 Å². The van der Waals surface area contributed by atoms with Crippen molar-refractivity contribution in [2.24, 2.45) is 0 Å². The highest BCUT2D eigenvalue weighted by molar-refractivity contribution is 6.61. The smallest absolute Gasteiger partial charge is 0.496 e. The summed E-state index contributed by atoms with van der Waals surface area (Å²) in [5.41, 5.74) is 0. The van der Waals surface area contributed by atoms with Crippen molar-refractivity contribution in [2.45, 2.75) is 39.8 Å². The van der Waals surface area contributed by atoms with Gasteiger partial charge in [-0.05, 0) is 33.8 Å². The molecule has 0 spiro atoms. The SMILES string of the molecule is C/C=C(\C[Si](OCC)(OCC)OCC)OCC1CO1. The molecule has 0 aromatic rings. The number of hydrogen-bond acceptors (Lipinski definition) is 5. The van der Waals surface area contributed by atoms with Crippen molar-refractivity contribution in [3.05, 3.63) is 11.8 Å². The molecule has 1 atom stereocenters. The van der Waals surface area contributed by atoms with Gasteiger partial charge in [-0.2, -0.15) is 0 Å². The third-order valence-corrected chi connectivity index (χ3v) is 5.63. The second kappa shape index (κ2) is 8.71. The molecule has 0 radical (unpaired) electrons. The third kappa shape index (κ3) is 6.05. The van der Waals surface area contributed by atoms with E-state index in [0.717, 1.165) is 12.4 Å². The molecule has 1 aliphatic rings. The topological polar surface area (TPSA) is 49.5 Å². The molecule has 1 rings (SSSR count). The molecule has 0 aliphatic carbocycles. The van der Waals surface area contributed by atoms with E-state index in [0.29, 0.717) is 32.5 Å². The number of epoxide rings is 1. The van der Waals surface area contributed by atoms with Gasteiger partial charge < -0.3 is 22.8 Å². The minimum atomic E-state index is -2.67. The van der Waals surface area contributed by atoms with E-state index in [9.17, 15) is 0 Å². The van der Waals surface area contributed by atoms with Crippen LogP contribution in [0.5, 0.6) is 0 Å². The summed E-state index contributed by atoms with van der Waals surface area (Å²) in [5.74, 6) is 0.859. The van der Waals surface area contributed by atoms with Crippen molar-refractivity contribution >= 4 is 8.80 Å². The van der Waals surface area contributed by atoms with Gasteiger partial charge in [-0.3, -0.25) is 0 Å². The Morgan fingerprint density at radius 3 is 2.05 bits per heavy atom. The highest BCUT2D eigenvalue weighted by Gasteiger charge is 2.42. The van der Waals surface area contributed by atoms with Gasteiger partial charge in [0.1, 0.15) is 12.7 Å². The first kappa shape index (κ1) is 16.7. The van der Waals surface area contributed by atoms with E-state index < -0.39 is 8.80 Å². The summed E-state index contributed by atoms with van der Waals surface area (Å²) in [4.78, 5) is 0. The Morgan fingerprint density at radius 2 is 1.68 bits per heavy atom. The first-order valence-electron chi connectivity index (χ1n) is 7.01.